The van der Waals surface area contributed by atoms with Crippen molar-refractivity contribution < 1.29 is 14.3 Å². The third-order valence-corrected chi connectivity index (χ3v) is 4.95. The average Bonchev–Trinajstić information content (AvgIpc) is 2.68. The van der Waals surface area contributed by atoms with Crippen LogP contribution in [0.5, 0.6) is 11.5 Å². The van der Waals surface area contributed by atoms with Gasteiger partial charge in [-0.3, -0.25) is 0 Å². The van der Waals surface area contributed by atoms with Crippen molar-refractivity contribution in [3.05, 3.63) is 54.1 Å². The molecule has 6 heteroatoms. The lowest BCUT2D eigenvalue weighted by atomic mass is 10.0. The summed E-state index contributed by atoms with van der Waals surface area (Å²) in [6.45, 7) is 6.02. The number of hydrogen-bond donors (Lipinski definition) is 1. The van der Waals surface area contributed by atoms with Crippen LogP contribution in [0.1, 0.15) is 19.4 Å². The summed E-state index contributed by atoms with van der Waals surface area (Å²) in [5, 5.41) is 0. The van der Waals surface area contributed by atoms with Crippen LogP contribution in [0, 0.1) is 0 Å². The van der Waals surface area contributed by atoms with Crippen LogP contribution in [0.2, 0.25) is 0 Å². The van der Waals surface area contributed by atoms with Crippen molar-refractivity contribution in [1.29, 1.82) is 0 Å². The van der Waals surface area contributed by atoms with Crippen molar-refractivity contribution in [3.63, 3.8) is 0 Å². The summed E-state index contributed by atoms with van der Waals surface area (Å²) in [6.07, 6.45) is 0.827. The lowest BCUT2D eigenvalue weighted by molar-refractivity contribution is 0.174. The van der Waals surface area contributed by atoms with Crippen molar-refractivity contribution in [1.82, 2.24) is 4.90 Å². The minimum absolute atomic E-state index is 0.0187. The first-order chi connectivity index (χ1) is 13.5. The van der Waals surface area contributed by atoms with Crippen LogP contribution >= 0.6 is 0 Å². The van der Waals surface area contributed by atoms with Crippen LogP contribution in [-0.2, 0) is 6.42 Å². The van der Waals surface area contributed by atoms with Crippen LogP contribution in [0.15, 0.2) is 48.5 Å². The highest BCUT2D eigenvalue weighted by atomic mass is 16.5. The number of ether oxygens (including phenoxy) is 2. The van der Waals surface area contributed by atoms with Crippen molar-refractivity contribution in [3.8, 4) is 11.5 Å². The molecule has 2 aromatic rings. The van der Waals surface area contributed by atoms with E-state index in [0.29, 0.717) is 18.8 Å². The van der Waals surface area contributed by atoms with Gasteiger partial charge in [-0.05, 0) is 38.0 Å². The van der Waals surface area contributed by atoms with Gasteiger partial charge in [0.1, 0.15) is 0 Å². The predicted molar refractivity (Wildman–Crippen MR) is 111 cm³/mol. The smallest absolute Gasteiger partial charge is 0.315 e. The molecule has 150 valence electrons. The molecule has 28 heavy (non-hydrogen) atoms. The molecule has 1 aliphatic rings. The molecule has 0 unspecified atom stereocenters. The van der Waals surface area contributed by atoms with E-state index in [4.69, 9.17) is 15.2 Å². The summed E-state index contributed by atoms with van der Waals surface area (Å²) in [4.78, 5) is 16.0. The van der Waals surface area contributed by atoms with Gasteiger partial charge in [0.15, 0.2) is 11.5 Å². The number of piperazine rings is 1. The maximum atomic E-state index is 12.0. The maximum absolute atomic E-state index is 12.0. The molecule has 2 aromatic carbocycles. The second kappa shape index (κ2) is 8.87. The predicted octanol–water partition coefficient (Wildman–Crippen LogP) is 3.29. The van der Waals surface area contributed by atoms with Crippen LogP contribution in [0.25, 0.3) is 0 Å². The number of urea groups is 1. The molecule has 0 aliphatic carbocycles. The Morgan fingerprint density at radius 2 is 1.89 bits per heavy atom. The summed E-state index contributed by atoms with van der Waals surface area (Å²) in [5.41, 5.74) is 7.89. The van der Waals surface area contributed by atoms with E-state index < -0.39 is 0 Å². The van der Waals surface area contributed by atoms with Crippen molar-refractivity contribution in [2.24, 2.45) is 5.73 Å². The zero-order valence-corrected chi connectivity index (χ0v) is 16.8. The molecular weight excluding hydrogens is 354 g/mol. The van der Waals surface area contributed by atoms with Crippen molar-refractivity contribution in [2.75, 3.05) is 31.6 Å². The fraction of sp³-hybridized carbons (Fsp3) is 0.409. The van der Waals surface area contributed by atoms with E-state index in [1.165, 1.54) is 5.56 Å². The van der Waals surface area contributed by atoms with Gasteiger partial charge in [-0.15, -0.1) is 0 Å². The minimum Gasteiger partial charge on any atom is -0.493 e. The first-order valence-corrected chi connectivity index (χ1v) is 9.67. The van der Waals surface area contributed by atoms with Gasteiger partial charge in [0.2, 0.25) is 0 Å². The van der Waals surface area contributed by atoms with Crippen molar-refractivity contribution >= 4 is 11.7 Å². The van der Waals surface area contributed by atoms with E-state index in [-0.39, 0.29) is 18.2 Å². The second-order valence-electron chi connectivity index (χ2n) is 7.32. The molecule has 6 nitrogen and oxygen atoms in total. The lowest BCUT2D eigenvalue weighted by Gasteiger charge is -2.42. The summed E-state index contributed by atoms with van der Waals surface area (Å²) >= 11 is 0. The normalized spacial score (nSPS) is 16.9. The van der Waals surface area contributed by atoms with Crippen LogP contribution in [0.4, 0.5) is 10.5 Å². The Bertz CT molecular complexity index is 795. The maximum Gasteiger partial charge on any atom is 0.315 e. The number of anilines is 1. The minimum atomic E-state index is -0.362. The number of benzene rings is 2. The standard InChI is InChI=1S/C22H29N3O3/c1-16(2)28-21-14-18(9-10-20(21)27-3)24-11-12-25(22(23)26)19(15-24)13-17-7-5-4-6-8-17/h4-10,14,16,19H,11-13,15H2,1-3H3,(H2,23,26)/t19-/m0/s1. The first kappa shape index (κ1) is 19.9. The highest BCUT2D eigenvalue weighted by molar-refractivity contribution is 5.73. The Kier molecular flexibility index (Phi) is 6.29. The number of hydrogen-bond acceptors (Lipinski definition) is 4. The molecule has 0 aromatic heterocycles. The van der Waals surface area contributed by atoms with Gasteiger partial charge in [0.25, 0.3) is 0 Å². The Morgan fingerprint density at radius 3 is 2.54 bits per heavy atom. The Hall–Kier alpha value is -2.89. The number of amides is 2. The van der Waals surface area contributed by atoms with E-state index in [0.717, 1.165) is 24.4 Å². The first-order valence-electron chi connectivity index (χ1n) is 9.67. The molecule has 1 saturated heterocycles. The molecule has 1 atom stereocenters. The van der Waals surface area contributed by atoms with E-state index in [9.17, 15) is 4.79 Å². The molecular formula is C22H29N3O3. The van der Waals surface area contributed by atoms with E-state index >= 15 is 0 Å². The second-order valence-corrected chi connectivity index (χ2v) is 7.32. The number of nitrogens with two attached hydrogens (primary N) is 1. The summed E-state index contributed by atoms with van der Waals surface area (Å²) in [6, 6.07) is 15.8. The van der Waals surface area contributed by atoms with Gasteiger partial charge >= 0.3 is 6.03 Å². The number of carbonyl (C=O) groups excluding carboxylic acids is 1. The van der Waals surface area contributed by atoms with E-state index in [1.807, 2.05) is 50.2 Å². The highest BCUT2D eigenvalue weighted by Gasteiger charge is 2.30. The summed E-state index contributed by atoms with van der Waals surface area (Å²) < 4.78 is 11.3. The summed E-state index contributed by atoms with van der Waals surface area (Å²) in [5.74, 6) is 1.45. The summed E-state index contributed by atoms with van der Waals surface area (Å²) in [7, 11) is 1.64. The van der Waals surface area contributed by atoms with Gasteiger partial charge in [-0.25, -0.2) is 4.79 Å². The molecule has 0 saturated carbocycles. The molecule has 0 radical (unpaired) electrons. The van der Waals surface area contributed by atoms with Gasteiger partial charge in [-0.2, -0.15) is 0 Å². The Morgan fingerprint density at radius 1 is 1.14 bits per heavy atom. The van der Waals surface area contributed by atoms with Gasteiger partial charge in [0, 0.05) is 31.4 Å². The Balaban J connectivity index is 1.82. The van der Waals surface area contributed by atoms with E-state index in [1.54, 1.807) is 12.0 Å². The monoisotopic (exact) mass is 383 g/mol. The molecule has 1 heterocycles. The van der Waals surface area contributed by atoms with Crippen molar-refractivity contribution in [2.45, 2.75) is 32.4 Å². The molecule has 2 amide bonds. The van der Waals surface area contributed by atoms with Gasteiger partial charge in [-0.1, -0.05) is 30.3 Å². The largest absolute Gasteiger partial charge is 0.493 e. The lowest BCUT2D eigenvalue weighted by Crippen LogP contribution is -2.57. The highest BCUT2D eigenvalue weighted by Crippen LogP contribution is 2.33. The molecule has 3 rings (SSSR count). The number of nitrogens with zero attached hydrogens (tertiary/aromatic N) is 2. The quantitative estimate of drug-likeness (QED) is 0.831. The molecule has 2 N–H and O–H groups in total. The zero-order chi connectivity index (χ0) is 20.1. The van der Waals surface area contributed by atoms with E-state index in [2.05, 4.69) is 17.0 Å². The third-order valence-electron chi connectivity index (χ3n) is 4.95. The van der Waals surface area contributed by atoms with Crippen LogP contribution in [-0.4, -0.2) is 49.8 Å². The fourth-order valence-corrected chi connectivity index (χ4v) is 3.65. The number of primary amides is 1. The van der Waals surface area contributed by atoms with Gasteiger partial charge < -0.3 is 25.0 Å². The molecule has 0 bridgehead atoms. The topological polar surface area (TPSA) is 68.0 Å². The molecule has 1 fully saturated rings. The van der Waals surface area contributed by atoms with Crippen LogP contribution in [0.3, 0.4) is 0 Å². The Labute approximate surface area is 166 Å². The van der Waals surface area contributed by atoms with Crippen LogP contribution < -0.4 is 20.1 Å². The average molecular weight is 383 g/mol. The number of methoxy groups -OCH3 is 1. The SMILES string of the molecule is COc1ccc(N2CCN(C(N)=O)[C@@H](Cc3ccccc3)C2)cc1OC(C)C. The number of carbonyl (C=O) groups is 1. The molecule has 1 aliphatic heterocycles. The number of rotatable bonds is 6. The van der Waals surface area contributed by atoms with Gasteiger partial charge in [0.05, 0.1) is 19.3 Å². The third kappa shape index (κ3) is 4.68. The molecule has 0 spiro atoms. The zero-order valence-electron chi connectivity index (χ0n) is 16.8. The fourth-order valence-electron chi connectivity index (χ4n) is 3.65.